The zero-order valence-electron chi connectivity index (χ0n) is 13.9. The fraction of sp³-hybridized carbons (Fsp3) is 0.333. The number of fused-ring (bicyclic) bond motifs is 2. The van der Waals surface area contributed by atoms with Crippen molar-refractivity contribution in [1.82, 2.24) is 9.13 Å². The number of ether oxygens (including phenoxy) is 1. The number of rotatable bonds is 2. The van der Waals surface area contributed by atoms with Gasteiger partial charge in [0.2, 0.25) is 5.88 Å². The number of aromatic hydroxyl groups is 1. The molecule has 1 aromatic carbocycles. The summed E-state index contributed by atoms with van der Waals surface area (Å²) in [6.45, 7) is 0.235. The lowest BCUT2D eigenvalue weighted by molar-refractivity contribution is -0.121. The third kappa shape index (κ3) is 2.28. The van der Waals surface area contributed by atoms with Crippen LogP contribution in [0, 0.1) is 18.2 Å². The highest BCUT2D eigenvalue weighted by atomic mass is 19.1. The van der Waals surface area contributed by atoms with Crippen molar-refractivity contribution in [2.45, 2.75) is 25.8 Å². The second kappa shape index (κ2) is 5.95. The molecule has 2 aliphatic heterocycles. The van der Waals surface area contributed by atoms with Crippen molar-refractivity contribution < 1.29 is 19.0 Å². The van der Waals surface area contributed by atoms with Gasteiger partial charge in [0.25, 0.3) is 5.91 Å². The van der Waals surface area contributed by atoms with Crippen LogP contribution >= 0.6 is 0 Å². The van der Waals surface area contributed by atoms with Crippen LogP contribution in [0.3, 0.4) is 0 Å². The summed E-state index contributed by atoms with van der Waals surface area (Å²) in [5.74, 6) is 1.17. The third-order valence-electron chi connectivity index (χ3n) is 4.72. The molecular formula is C18H16FN3O4. The smallest absolute Gasteiger partial charge is 0.336 e. The first kappa shape index (κ1) is 16.3. The van der Waals surface area contributed by atoms with Crippen LogP contribution in [-0.2, 0) is 17.8 Å². The summed E-state index contributed by atoms with van der Waals surface area (Å²) < 4.78 is 22.4. The van der Waals surface area contributed by atoms with Crippen molar-refractivity contribution in [3.8, 4) is 29.7 Å². The van der Waals surface area contributed by atoms with E-state index in [0.29, 0.717) is 18.7 Å². The minimum atomic E-state index is -0.737. The summed E-state index contributed by atoms with van der Waals surface area (Å²) in [6, 6.07) is 2.41. The second-order valence-electron chi connectivity index (χ2n) is 6.24. The maximum absolute atomic E-state index is 14.7. The molecule has 1 aromatic heterocycles. The number of terminal acetylenes is 1. The highest BCUT2D eigenvalue weighted by Crippen LogP contribution is 2.37. The highest BCUT2D eigenvalue weighted by Gasteiger charge is 2.29. The maximum Gasteiger partial charge on any atom is 0.336 e. The molecule has 0 bridgehead atoms. The van der Waals surface area contributed by atoms with Gasteiger partial charge >= 0.3 is 5.69 Å². The molecule has 7 nitrogen and oxygen atoms in total. The molecule has 0 atom stereocenters. The van der Waals surface area contributed by atoms with Gasteiger partial charge in [0, 0.05) is 12.6 Å². The molecule has 0 fully saturated rings. The molecule has 2 aliphatic rings. The first-order valence-corrected chi connectivity index (χ1v) is 8.27. The quantitative estimate of drug-likeness (QED) is 0.819. The van der Waals surface area contributed by atoms with Crippen molar-refractivity contribution >= 4 is 11.6 Å². The van der Waals surface area contributed by atoms with Crippen molar-refractivity contribution in [3.63, 3.8) is 0 Å². The van der Waals surface area contributed by atoms with E-state index in [0.717, 1.165) is 23.5 Å². The van der Waals surface area contributed by atoms with E-state index in [1.807, 2.05) is 0 Å². The molecular weight excluding hydrogens is 341 g/mol. The SMILES string of the molecule is C#CCN1C(=O)COc2cc(F)c(-n3c(O)c4n(c3=O)CCCC4)cc21. The van der Waals surface area contributed by atoms with Gasteiger partial charge in [-0.15, -0.1) is 6.42 Å². The topological polar surface area (TPSA) is 76.7 Å². The van der Waals surface area contributed by atoms with Gasteiger partial charge in [-0.2, -0.15) is 0 Å². The first-order chi connectivity index (χ1) is 12.5. The zero-order chi connectivity index (χ0) is 18.4. The van der Waals surface area contributed by atoms with Crippen LogP contribution in [0.1, 0.15) is 18.5 Å². The minimum absolute atomic E-state index is 0.00654. The lowest BCUT2D eigenvalue weighted by Gasteiger charge is -2.28. The first-order valence-electron chi connectivity index (χ1n) is 8.27. The Labute approximate surface area is 148 Å². The molecule has 8 heteroatoms. The summed E-state index contributed by atoms with van der Waals surface area (Å²) in [6.07, 6.45) is 7.53. The normalized spacial score (nSPS) is 15.8. The van der Waals surface area contributed by atoms with E-state index < -0.39 is 11.5 Å². The summed E-state index contributed by atoms with van der Waals surface area (Å²) in [4.78, 5) is 26.0. The molecule has 0 unspecified atom stereocenters. The van der Waals surface area contributed by atoms with E-state index in [-0.39, 0.29) is 42.1 Å². The van der Waals surface area contributed by atoms with Crippen LogP contribution in [0.15, 0.2) is 16.9 Å². The number of carbonyl (C=O) groups excluding carboxylic acids is 1. The summed E-state index contributed by atoms with van der Waals surface area (Å²) in [7, 11) is 0. The highest BCUT2D eigenvalue weighted by molar-refractivity contribution is 5.98. The second-order valence-corrected chi connectivity index (χ2v) is 6.24. The Morgan fingerprint density at radius 3 is 2.81 bits per heavy atom. The van der Waals surface area contributed by atoms with Crippen LogP contribution in [-0.4, -0.2) is 33.3 Å². The molecule has 3 heterocycles. The van der Waals surface area contributed by atoms with E-state index in [4.69, 9.17) is 11.2 Å². The number of hydrogen-bond donors (Lipinski definition) is 1. The predicted octanol–water partition coefficient (Wildman–Crippen LogP) is 1.18. The van der Waals surface area contributed by atoms with Gasteiger partial charge in [-0.1, -0.05) is 5.92 Å². The van der Waals surface area contributed by atoms with Crippen molar-refractivity contribution in [2.24, 2.45) is 0 Å². The molecule has 0 spiro atoms. The third-order valence-corrected chi connectivity index (χ3v) is 4.72. The standard InChI is InChI=1S/C18H16FN3O4/c1-2-6-20-14-9-13(11(19)8-15(14)26-10-16(20)23)22-17(24)12-5-3-4-7-21(12)18(22)25/h1,8-9,24H,3-7,10H2. The van der Waals surface area contributed by atoms with Gasteiger partial charge in [-0.05, 0) is 25.3 Å². The average molecular weight is 357 g/mol. The van der Waals surface area contributed by atoms with E-state index in [1.165, 1.54) is 15.5 Å². The van der Waals surface area contributed by atoms with Gasteiger partial charge < -0.3 is 9.84 Å². The van der Waals surface area contributed by atoms with Gasteiger partial charge in [0.15, 0.2) is 12.4 Å². The Kier molecular flexibility index (Phi) is 3.72. The molecule has 0 aliphatic carbocycles. The van der Waals surface area contributed by atoms with Gasteiger partial charge in [-0.25, -0.2) is 13.8 Å². The summed E-state index contributed by atoms with van der Waals surface area (Å²) >= 11 is 0. The molecule has 4 rings (SSSR count). The molecule has 1 N–H and O–H groups in total. The van der Waals surface area contributed by atoms with Crippen LogP contribution in [0.25, 0.3) is 5.69 Å². The molecule has 2 aromatic rings. The molecule has 0 saturated heterocycles. The van der Waals surface area contributed by atoms with Crippen LogP contribution in [0.4, 0.5) is 10.1 Å². The van der Waals surface area contributed by atoms with Crippen molar-refractivity contribution in [1.29, 1.82) is 0 Å². The largest absolute Gasteiger partial charge is 0.493 e. The number of carbonyl (C=O) groups is 1. The summed E-state index contributed by atoms with van der Waals surface area (Å²) in [5, 5.41) is 10.5. The van der Waals surface area contributed by atoms with E-state index in [2.05, 4.69) is 5.92 Å². The Balaban J connectivity index is 1.92. The van der Waals surface area contributed by atoms with E-state index in [9.17, 15) is 19.1 Å². The Morgan fingerprint density at radius 2 is 2.08 bits per heavy atom. The monoisotopic (exact) mass is 357 g/mol. The van der Waals surface area contributed by atoms with E-state index >= 15 is 0 Å². The van der Waals surface area contributed by atoms with E-state index in [1.54, 1.807) is 0 Å². The Bertz CT molecular complexity index is 1010. The predicted molar refractivity (Wildman–Crippen MR) is 91.3 cm³/mol. The fourth-order valence-corrected chi connectivity index (χ4v) is 3.48. The average Bonchev–Trinajstić information content (AvgIpc) is 2.89. The maximum atomic E-state index is 14.7. The number of halogens is 1. The summed E-state index contributed by atoms with van der Waals surface area (Å²) in [5.41, 5.74) is 0.105. The number of benzene rings is 1. The zero-order valence-corrected chi connectivity index (χ0v) is 13.9. The number of hydrogen-bond acceptors (Lipinski definition) is 4. The van der Waals surface area contributed by atoms with Crippen LogP contribution in [0.2, 0.25) is 0 Å². The molecule has 0 radical (unpaired) electrons. The molecule has 26 heavy (non-hydrogen) atoms. The van der Waals surface area contributed by atoms with Gasteiger partial charge in [0.1, 0.15) is 5.75 Å². The lowest BCUT2D eigenvalue weighted by Crippen LogP contribution is -2.39. The van der Waals surface area contributed by atoms with Gasteiger partial charge in [0.05, 0.1) is 23.6 Å². The molecule has 0 saturated carbocycles. The number of imidazole rings is 1. The van der Waals surface area contributed by atoms with Crippen LogP contribution in [0.5, 0.6) is 11.6 Å². The lowest BCUT2D eigenvalue weighted by atomic mass is 10.1. The number of aromatic nitrogens is 2. The van der Waals surface area contributed by atoms with Crippen molar-refractivity contribution in [3.05, 3.63) is 34.1 Å². The number of nitrogens with zero attached hydrogens (tertiary/aromatic N) is 3. The molecule has 1 amide bonds. The van der Waals surface area contributed by atoms with Crippen LogP contribution < -0.4 is 15.3 Å². The Morgan fingerprint density at radius 1 is 1.27 bits per heavy atom. The number of anilines is 1. The Hall–Kier alpha value is -3.21. The minimum Gasteiger partial charge on any atom is -0.493 e. The van der Waals surface area contributed by atoms with Gasteiger partial charge in [-0.3, -0.25) is 14.3 Å². The fourth-order valence-electron chi connectivity index (χ4n) is 3.48. The van der Waals surface area contributed by atoms with Crippen molar-refractivity contribution in [2.75, 3.05) is 18.1 Å². The number of amides is 1. The molecule has 134 valence electrons.